The van der Waals surface area contributed by atoms with Gasteiger partial charge in [-0.1, -0.05) is 54.6 Å². The summed E-state index contributed by atoms with van der Waals surface area (Å²) in [6.45, 7) is 0. The van der Waals surface area contributed by atoms with Crippen LogP contribution in [0.15, 0.2) is 85.1 Å². The average molecular weight is 511 g/mol. The number of nitrogens with zero attached hydrogens (tertiary/aromatic N) is 1. The van der Waals surface area contributed by atoms with Crippen LogP contribution in [0.5, 0.6) is 0 Å². The van der Waals surface area contributed by atoms with Gasteiger partial charge in [-0.25, -0.2) is 0 Å². The normalized spacial score (nSPS) is 12.6. The molecule has 0 radical (unpaired) electrons. The van der Waals surface area contributed by atoms with Crippen LogP contribution in [-0.4, -0.2) is 4.98 Å². The first-order chi connectivity index (χ1) is 16.8. The van der Waals surface area contributed by atoms with Gasteiger partial charge in [0.1, 0.15) is 0 Å². The van der Waals surface area contributed by atoms with Gasteiger partial charge in [0.25, 0.3) is 0 Å². The number of halogens is 9. The summed E-state index contributed by atoms with van der Waals surface area (Å²) in [6, 6.07) is 13.3. The number of alkyl halides is 9. The van der Waals surface area contributed by atoms with Crippen LogP contribution in [0.4, 0.5) is 39.5 Å². The van der Waals surface area contributed by atoms with E-state index in [1.165, 1.54) is 18.2 Å². The van der Waals surface area contributed by atoms with Crippen molar-refractivity contribution in [3.8, 4) is 33.5 Å². The van der Waals surface area contributed by atoms with E-state index in [-0.39, 0.29) is 5.56 Å². The SMILES string of the molecule is FC(F)(F)c1ccccc1-c1ccnc(-c2ccccc2C(F)(F)F)c1-c1ccccc1C(F)(F)F. The van der Waals surface area contributed by atoms with Crippen molar-refractivity contribution in [1.29, 1.82) is 0 Å². The van der Waals surface area contributed by atoms with Crippen molar-refractivity contribution in [2.75, 3.05) is 0 Å². The monoisotopic (exact) mass is 511 g/mol. The highest BCUT2D eigenvalue weighted by Crippen LogP contribution is 2.48. The summed E-state index contributed by atoms with van der Waals surface area (Å²) in [4.78, 5) is 3.95. The van der Waals surface area contributed by atoms with Gasteiger partial charge in [0, 0.05) is 17.3 Å². The molecule has 0 N–H and O–H groups in total. The minimum Gasteiger partial charge on any atom is -0.256 e. The number of hydrogen-bond acceptors (Lipinski definition) is 1. The van der Waals surface area contributed by atoms with E-state index in [4.69, 9.17) is 0 Å². The molecule has 1 aromatic heterocycles. The average Bonchev–Trinajstić information content (AvgIpc) is 2.82. The molecule has 36 heavy (non-hydrogen) atoms. The Morgan fingerprint density at radius 3 is 1.31 bits per heavy atom. The van der Waals surface area contributed by atoms with Gasteiger partial charge >= 0.3 is 18.5 Å². The minimum absolute atomic E-state index is 0.346. The topological polar surface area (TPSA) is 12.9 Å². The number of rotatable bonds is 3. The summed E-state index contributed by atoms with van der Waals surface area (Å²) in [5.74, 6) is 0. The molecule has 0 aliphatic heterocycles. The Morgan fingerprint density at radius 1 is 0.417 bits per heavy atom. The predicted octanol–water partition coefficient (Wildman–Crippen LogP) is 9.14. The third-order valence-electron chi connectivity index (χ3n) is 5.46. The molecular weight excluding hydrogens is 497 g/mol. The van der Waals surface area contributed by atoms with E-state index < -0.39 is 63.2 Å². The van der Waals surface area contributed by atoms with E-state index in [9.17, 15) is 39.5 Å². The van der Waals surface area contributed by atoms with Crippen molar-refractivity contribution in [2.45, 2.75) is 18.5 Å². The molecular formula is C26H14F9N. The molecule has 1 heterocycles. The van der Waals surface area contributed by atoms with Gasteiger partial charge in [0.2, 0.25) is 0 Å². The summed E-state index contributed by atoms with van der Waals surface area (Å²) >= 11 is 0. The molecule has 1 nitrogen and oxygen atoms in total. The van der Waals surface area contributed by atoms with E-state index in [0.717, 1.165) is 60.8 Å². The van der Waals surface area contributed by atoms with Crippen molar-refractivity contribution in [1.82, 2.24) is 4.98 Å². The van der Waals surface area contributed by atoms with E-state index in [2.05, 4.69) is 4.98 Å². The molecule has 0 saturated carbocycles. The first-order valence-electron chi connectivity index (χ1n) is 10.3. The van der Waals surface area contributed by atoms with E-state index in [0.29, 0.717) is 6.07 Å². The van der Waals surface area contributed by atoms with Crippen molar-refractivity contribution in [2.24, 2.45) is 0 Å². The molecule has 0 amide bonds. The maximum atomic E-state index is 14.0. The van der Waals surface area contributed by atoms with E-state index in [1.54, 1.807) is 0 Å². The van der Waals surface area contributed by atoms with Crippen molar-refractivity contribution in [3.63, 3.8) is 0 Å². The largest absolute Gasteiger partial charge is 0.417 e. The second kappa shape index (κ2) is 9.00. The lowest BCUT2D eigenvalue weighted by atomic mass is 9.86. The van der Waals surface area contributed by atoms with Gasteiger partial charge in [-0.05, 0) is 41.0 Å². The van der Waals surface area contributed by atoms with Gasteiger partial charge < -0.3 is 0 Å². The zero-order valence-corrected chi connectivity index (χ0v) is 17.9. The standard InChI is InChI=1S/C26H14F9N/c27-24(28,29)19-10-4-1-7-15(19)16-13-14-36-23(18-9-3-6-12-21(18)26(33,34)35)22(16)17-8-2-5-11-20(17)25(30,31)32/h1-14H. The summed E-state index contributed by atoms with van der Waals surface area (Å²) in [6.07, 6.45) is -13.8. The first-order valence-corrected chi connectivity index (χ1v) is 10.3. The van der Waals surface area contributed by atoms with Gasteiger partial charge in [-0.2, -0.15) is 39.5 Å². The first kappa shape index (κ1) is 25.3. The number of hydrogen-bond donors (Lipinski definition) is 0. The molecule has 0 aliphatic carbocycles. The fourth-order valence-electron chi connectivity index (χ4n) is 4.01. The summed E-state index contributed by atoms with van der Waals surface area (Å²) in [5.41, 5.74) is -6.61. The maximum absolute atomic E-state index is 14.0. The van der Waals surface area contributed by atoms with Gasteiger partial charge in [0.05, 0.1) is 22.4 Å². The van der Waals surface area contributed by atoms with Crippen LogP contribution >= 0.6 is 0 Å². The fourth-order valence-corrected chi connectivity index (χ4v) is 4.01. The van der Waals surface area contributed by atoms with Crippen molar-refractivity contribution in [3.05, 3.63) is 102 Å². The van der Waals surface area contributed by atoms with Crippen molar-refractivity contribution < 1.29 is 39.5 Å². The zero-order chi connectivity index (χ0) is 26.3. The molecule has 0 atom stereocenters. The molecule has 0 unspecified atom stereocenters. The minimum atomic E-state index is -4.95. The molecule has 4 rings (SSSR count). The second-order valence-corrected chi connectivity index (χ2v) is 7.71. The van der Waals surface area contributed by atoms with Crippen LogP contribution < -0.4 is 0 Å². The Labute approximate surface area is 198 Å². The highest BCUT2D eigenvalue weighted by Gasteiger charge is 2.39. The van der Waals surface area contributed by atoms with E-state index in [1.807, 2.05) is 0 Å². The molecule has 0 aliphatic rings. The summed E-state index contributed by atoms with van der Waals surface area (Å²) in [7, 11) is 0. The number of pyridine rings is 1. The molecule has 0 fully saturated rings. The molecule has 0 spiro atoms. The second-order valence-electron chi connectivity index (χ2n) is 7.71. The smallest absolute Gasteiger partial charge is 0.256 e. The third kappa shape index (κ3) is 4.80. The predicted molar refractivity (Wildman–Crippen MR) is 116 cm³/mol. The van der Waals surface area contributed by atoms with Crippen LogP contribution in [0.25, 0.3) is 33.5 Å². The molecule has 3 aromatic carbocycles. The number of aromatic nitrogens is 1. The fraction of sp³-hybridized carbons (Fsp3) is 0.115. The molecule has 10 heteroatoms. The quantitative estimate of drug-likeness (QED) is 0.250. The highest BCUT2D eigenvalue weighted by molar-refractivity contribution is 5.95. The Morgan fingerprint density at radius 2 is 0.806 bits per heavy atom. The lowest BCUT2D eigenvalue weighted by Gasteiger charge is -2.22. The Bertz CT molecular complexity index is 1320. The van der Waals surface area contributed by atoms with Crippen molar-refractivity contribution >= 4 is 0 Å². The summed E-state index contributed by atoms with van der Waals surface area (Å²) in [5, 5.41) is 0. The van der Waals surface area contributed by atoms with Gasteiger partial charge in [-0.3, -0.25) is 4.98 Å². The Kier molecular flexibility index (Phi) is 6.32. The van der Waals surface area contributed by atoms with E-state index >= 15 is 0 Å². The zero-order valence-electron chi connectivity index (χ0n) is 17.9. The Balaban J connectivity index is 2.18. The lowest BCUT2D eigenvalue weighted by molar-refractivity contribution is -0.138. The van der Waals surface area contributed by atoms with Crippen LogP contribution in [0.1, 0.15) is 16.7 Å². The molecule has 0 bridgehead atoms. The van der Waals surface area contributed by atoms with Gasteiger partial charge in [-0.15, -0.1) is 0 Å². The lowest BCUT2D eigenvalue weighted by Crippen LogP contribution is -2.11. The molecule has 186 valence electrons. The molecule has 0 saturated heterocycles. The number of benzene rings is 3. The summed E-state index contributed by atoms with van der Waals surface area (Å²) < 4.78 is 125. The third-order valence-corrected chi connectivity index (χ3v) is 5.46. The van der Waals surface area contributed by atoms with Crippen LogP contribution in [0.2, 0.25) is 0 Å². The Hall–Kier alpha value is -3.82. The van der Waals surface area contributed by atoms with Crippen LogP contribution in [0, 0.1) is 0 Å². The van der Waals surface area contributed by atoms with Crippen LogP contribution in [0.3, 0.4) is 0 Å². The van der Waals surface area contributed by atoms with Crippen LogP contribution in [-0.2, 0) is 18.5 Å². The highest BCUT2D eigenvalue weighted by atomic mass is 19.4. The van der Waals surface area contributed by atoms with Gasteiger partial charge in [0.15, 0.2) is 0 Å². The maximum Gasteiger partial charge on any atom is 0.417 e. The molecule has 4 aromatic rings.